The third-order valence-corrected chi connectivity index (χ3v) is 6.01. The highest BCUT2D eigenvalue weighted by Crippen LogP contribution is 2.27. The first-order valence-corrected chi connectivity index (χ1v) is 10.2. The van der Waals surface area contributed by atoms with Gasteiger partial charge in [0.2, 0.25) is 10.0 Å². The van der Waals surface area contributed by atoms with Gasteiger partial charge in [0.1, 0.15) is 18.1 Å². The van der Waals surface area contributed by atoms with Gasteiger partial charge in [0.25, 0.3) is 0 Å². The Bertz CT molecular complexity index is 1000. The third-order valence-electron chi connectivity index (χ3n) is 4.21. The molecule has 0 amide bonds. The van der Waals surface area contributed by atoms with Crippen LogP contribution >= 0.6 is 11.6 Å². The summed E-state index contributed by atoms with van der Waals surface area (Å²) in [6.45, 7) is 1.39. The molecule has 0 radical (unpaired) electrons. The standard InChI is InChI=1S/C19H18ClNO6S/c1-13-10-11-19(12-26-13,18(22)23)21-28(24,25)17-8-6-16(7-9-17)27-15-4-2-14(20)3-5-15/h2-10,21H,11-12H2,1H3,(H,22,23). The van der Waals surface area contributed by atoms with Crippen molar-refractivity contribution in [3.8, 4) is 11.5 Å². The van der Waals surface area contributed by atoms with E-state index in [0.29, 0.717) is 22.3 Å². The zero-order chi connectivity index (χ0) is 20.4. The van der Waals surface area contributed by atoms with Gasteiger partial charge in [-0.1, -0.05) is 11.6 Å². The topological polar surface area (TPSA) is 102 Å². The molecule has 7 nitrogen and oxygen atoms in total. The number of carbonyl (C=O) groups is 1. The van der Waals surface area contributed by atoms with Gasteiger partial charge in [0.15, 0.2) is 5.54 Å². The van der Waals surface area contributed by atoms with Gasteiger partial charge in [-0.3, -0.25) is 4.79 Å². The van der Waals surface area contributed by atoms with Gasteiger partial charge in [-0.2, -0.15) is 4.72 Å². The molecule has 3 rings (SSSR count). The third kappa shape index (κ3) is 4.46. The van der Waals surface area contributed by atoms with Gasteiger partial charge in [-0.15, -0.1) is 0 Å². The molecule has 1 aliphatic rings. The van der Waals surface area contributed by atoms with Gasteiger partial charge in [0.05, 0.1) is 10.7 Å². The molecule has 0 bridgehead atoms. The van der Waals surface area contributed by atoms with Crippen LogP contribution in [0.25, 0.3) is 0 Å². The van der Waals surface area contributed by atoms with Gasteiger partial charge in [0, 0.05) is 11.4 Å². The van der Waals surface area contributed by atoms with Crippen molar-refractivity contribution in [3.05, 3.63) is 65.4 Å². The summed E-state index contributed by atoms with van der Waals surface area (Å²) in [7, 11) is -4.09. The molecule has 0 spiro atoms. The highest BCUT2D eigenvalue weighted by molar-refractivity contribution is 7.89. The minimum Gasteiger partial charge on any atom is -0.496 e. The monoisotopic (exact) mass is 423 g/mol. The summed E-state index contributed by atoms with van der Waals surface area (Å²) in [5, 5.41) is 10.1. The van der Waals surface area contributed by atoms with Crippen molar-refractivity contribution in [1.29, 1.82) is 0 Å². The lowest BCUT2D eigenvalue weighted by molar-refractivity contribution is -0.146. The minimum atomic E-state index is -4.09. The average Bonchev–Trinajstić information content (AvgIpc) is 2.66. The summed E-state index contributed by atoms with van der Waals surface area (Å²) >= 11 is 5.82. The largest absolute Gasteiger partial charge is 0.496 e. The Morgan fingerprint density at radius 3 is 2.21 bits per heavy atom. The molecule has 0 aromatic heterocycles. The second-order valence-electron chi connectivity index (χ2n) is 6.33. The van der Waals surface area contributed by atoms with Crippen molar-refractivity contribution < 1.29 is 27.8 Å². The maximum Gasteiger partial charge on any atom is 0.328 e. The second kappa shape index (κ2) is 7.83. The molecule has 1 unspecified atom stereocenters. The average molecular weight is 424 g/mol. The number of aliphatic carboxylic acids is 1. The van der Waals surface area contributed by atoms with Gasteiger partial charge in [-0.25, -0.2) is 8.42 Å². The number of carboxylic acid groups (broad SMARTS) is 1. The van der Waals surface area contributed by atoms with Crippen molar-refractivity contribution in [1.82, 2.24) is 4.72 Å². The predicted molar refractivity (Wildman–Crippen MR) is 103 cm³/mol. The fourth-order valence-corrected chi connectivity index (χ4v) is 4.06. The first kappa shape index (κ1) is 20.2. The fraction of sp³-hybridized carbons (Fsp3) is 0.211. The molecular weight excluding hydrogens is 406 g/mol. The van der Waals surface area contributed by atoms with E-state index in [1.54, 1.807) is 37.3 Å². The molecule has 0 saturated carbocycles. The van der Waals surface area contributed by atoms with Crippen molar-refractivity contribution in [2.24, 2.45) is 0 Å². The molecule has 0 aliphatic carbocycles. The zero-order valence-corrected chi connectivity index (χ0v) is 16.5. The van der Waals surface area contributed by atoms with Gasteiger partial charge >= 0.3 is 5.97 Å². The zero-order valence-electron chi connectivity index (χ0n) is 14.9. The first-order chi connectivity index (χ1) is 13.2. The number of halogens is 1. The molecule has 1 heterocycles. The lowest BCUT2D eigenvalue weighted by Crippen LogP contribution is -2.58. The number of hydrogen-bond acceptors (Lipinski definition) is 5. The smallest absolute Gasteiger partial charge is 0.328 e. The van der Waals surface area contributed by atoms with E-state index in [2.05, 4.69) is 4.72 Å². The Balaban J connectivity index is 1.78. The second-order valence-corrected chi connectivity index (χ2v) is 8.45. The Hall–Kier alpha value is -2.55. The van der Waals surface area contributed by atoms with Crippen LogP contribution in [0.1, 0.15) is 13.3 Å². The number of nitrogens with one attached hydrogen (secondary N) is 1. The van der Waals surface area contributed by atoms with Crippen molar-refractivity contribution in [3.63, 3.8) is 0 Å². The summed E-state index contributed by atoms with van der Waals surface area (Å²) in [6.07, 6.45) is 1.54. The molecule has 9 heteroatoms. The summed E-state index contributed by atoms with van der Waals surface area (Å²) in [5.74, 6) is 0.223. The van der Waals surface area contributed by atoms with Crippen LogP contribution < -0.4 is 9.46 Å². The Kier molecular flexibility index (Phi) is 5.64. The lowest BCUT2D eigenvalue weighted by atomic mass is 9.96. The van der Waals surface area contributed by atoms with E-state index in [1.807, 2.05) is 0 Å². The normalized spacial score (nSPS) is 19.4. The van der Waals surface area contributed by atoms with Crippen molar-refractivity contribution in [2.75, 3.05) is 6.61 Å². The van der Waals surface area contributed by atoms with E-state index in [0.717, 1.165) is 0 Å². The number of hydrogen-bond donors (Lipinski definition) is 2. The molecule has 0 fully saturated rings. The number of ether oxygens (including phenoxy) is 2. The molecular formula is C19H18ClNO6S. The number of benzene rings is 2. The van der Waals surface area contributed by atoms with Crippen LogP contribution in [0.2, 0.25) is 5.02 Å². The molecule has 2 aromatic carbocycles. The lowest BCUT2D eigenvalue weighted by Gasteiger charge is -2.32. The Morgan fingerprint density at radius 2 is 1.71 bits per heavy atom. The molecule has 0 saturated heterocycles. The number of allylic oxidation sites excluding steroid dienone is 1. The summed E-state index contributed by atoms with van der Waals surface area (Å²) in [4.78, 5) is 11.6. The van der Waals surface area contributed by atoms with Crippen LogP contribution in [0.15, 0.2) is 65.3 Å². The van der Waals surface area contributed by atoms with E-state index in [-0.39, 0.29) is 17.9 Å². The van der Waals surface area contributed by atoms with E-state index >= 15 is 0 Å². The summed E-state index contributed by atoms with van der Waals surface area (Å²) < 4.78 is 38.5. The Morgan fingerprint density at radius 1 is 1.14 bits per heavy atom. The molecule has 28 heavy (non-hydrogen) atoms. The van der Waals surface area contributed by atoms with Crippen LogP contribution in [0.3, 0.4) is 0 Å². The summed E-state index contributed by atoms with van der Waals surface area (Å²) in [6, 6.07) is 12.4. The molecule has 2 N–H and O–H groups in total. The number of sulfonamides is 1. The summed E-state index contributed by atoms with van der Waals surface area (Å²) in [5.41, 5.74) is -1.75. The van der Waals surface area contributed by atoms with Crippen LogP contribution in [0, 0.1) is 0 Å². The number of carboxylic acids is 1. The quantitative estimate of drug-likeness (QED) is 0.736. The van der Waals surface area contributed by atoms with Crippen LogP contribution in [-0.2, 0) is 19.6 Å². The van der Waals surface area contributed by atoms with E-state index in [9.17, 15) is 18.3 Å². The van der Waals surface area contributed by atoms with Crippen molar-refractivity contribution in [2.45, 2.75) is 23.8 Å². The van der Waals surface area contributed by atoms with Crippen LogP contribution in [-0.4, -0.2) is 31.6 Å². The van der Waals surface area contributed by atoms with Crippen LogP contribution in [0.5, 0.6) is 11.5 Å². The highest BCUT2D eigenvalue weighted by Gasteiger charge is 2.44. The fourth-order valence-electron chi connectivity index (χ4n) is 2.58. The SMILES string of the molecule is CC1=CCC(NS(=O)(=O)c2ccc(Oc3ccc(Cl)cc3)cc2)(C(=O)O)CO1. The van der Waals surface area contributed by atoms with E-state index in [4.69, 9.17) is 21.1 Å². The van der Waals surface area contributed by atoms with E-state index < -0.39 is 21.5 Å². The van der Waals surface area contributed by atoms with Crippen LogP contribution in [0.4, 0.5) is 0 Å². The van der Waals surface area contributed by atoms with Gasteiger partial charge < -0.3 is 14.6 Å². The predicted octanol–water partition coefficient (Wildman–Crippen LogP) is 3.56. The molecule has 148 valence electrons. The highest BCUT2D eigenvalue weighted by atomic mass is 35.5. The first-order valence-electron chi connectivity index (χ1n) is 8.31. The number of rotatable bonds is 6. The van der Waals surface area contributed by atoms with Gasteiger partial charge in [-0.05, 0) is 61.5 Å². The minimum absolute atomic E-state index is 0.00877. The maximum atomic E-state index is 12.7. The molecule has 1 atom stereocenters. The van der Waals surface area contributed by atoms with E-state index in [1.165, 1.54) is 24.3 Å². The molecule has 1 aliphatic heterocycles. The van der Waals surface area contributed by atoms with Crippen molar-refractivity contribution >= 4 is 27.6 Å². The maximum absolute atomic E-state index is 12.7. The molecule has 2 aromatic rings. The Labute approximate surface area is 167 Å².